The Labute approximate surface area is 183 Å². The van der Waals surface area contributed by atoms with Crippen LogP contribution in [0.1, 0.15) is 34.8 Å². The fourth-order valence-corrected chi connectivity index (χ4v) is 5.12. The molecule has 0 saturated carbocycles. The Morgan fingerprint density at radius 3 is 2.42 bits per heavy atom. The minimum Gasteiger partial charge on any atom is -0.486 e. The van der Waals surface area contributed by atoms with Crippen molar-refractivity contribution < 1.29 is 13.7 Å². The van der Waals surface area contributed by atoms with E-state index in [1.54, 1.807) is 0 Å². The van der Waals surface area contributed by atoms with Crippen LogP contribution in [0.2, 0.25) is 0 Å². The zero-order valence-electron chi connectivity index (χ0n) is 16.8. The standard InChI is InChI=1S/C26H21NO3S/c1-2-17-6-8-18(9-7-17)21-4-3-5-23-22(21)14-15-24(23)30-20-12-10-19(11-13-20)25-16-26(28)27-31(25)29/h2-13,16,24H,1,14-15H2,(H,27,28). The molecule has 4 nitrogen and oxygen atoms in total. The van der Waals surface area contributed by atoms with Crippen molar-refractivity contribution in [2.24, 2.45) is 0 Å². The van der Waals surface area contributed by atoms with Gasteiger partial charge in [-0.2, -0.15) is 0 Å². The monoisotopic (exact) mass is 427 g/mol. The van der Waals surface area contributed by atoms with E-state index in [4.69, 9.17) is 4.74 Å². The van der Waals surface area contributed by atoms with E-state index < -0.39 is 11.0 Å². The van der Waals surface area contributed by atoms with Crippen LogP contribution in [0.4, 0.5) is 0 Å². The maximum Gasteiger partial charge on any atom is 0.257 e. The van der Waals surface area contributed by atoms with E-state index in [0.717, 1.165) is 29.7 Å². The zero-order valence-corrected chi connectivity index (χ0v) is 17.7. The van der Waals surface area contributed by atoms with E-state index in [0.29, 0.717) is 4.91 Å². The molecule has 2 unspecified atom stereocenters. The lowest BCUT2D eigenvalue weighted by Gasteiger charge is -2.16. The number of amides is 1. The quantitative estimate of drug-likeness (QED) is 0.609. The molecule has 0 bridgehead atoms. The van der Waals surface area contributed by atoms with Crippen LogP contribution in [0.25, 0.3) is 22.1 Å². The van der Waals surface area contributed by atoms with E-state index in [9.17, 15) is 9.00 Å². The Morgan fingerprint density at radius 2 is 1.74 bits per heavy atom. The lowest BCUT2D eigenvalue weighted by Crippen LogP contribution is -2.16. The topological polar surface area (TPSA) is 55.4 Å². The SMILES string of the molecule is C=Cc1ccc(-c2cccc3c2CCC3Oc2ccc(C3=CC(=O)NS3=O)cc2)cc1. The van der Waals surface area contributed by atoms with Crippen LogP contribution >= 0.6 is 0 Å². The first-order valence-corrected chi connectivity index (χ1v) is 11.3. The normalized spacial score (nSPS) is 19.5. The van der Waals surface area contributed by atoms with Gasteiger partial charge >= 0.3 is 0 Å². The number of rotatable bonds is 5. The Morgan fingerprint density at radius 1 is 1.00 bits per heavy atom. The van der Waals surface area contributed by atoms with Crippen LogP contribution in [0.15, 0.2) is 79.4 Å². The second kappa shape index (κ2) is 8.00. The molecular formula is C26H21NO3S. The summed E-state index contributed by atoms with van der Waals surface area (Å²) in [6.45, 7) is 3.82. The van der Waals surface area contributed by atoms with E-state index >= 15 is 0 Å². The maximum atomic E-state index is 11.9. The molecule has 0 fully saturated rings. The van der Waals surface area contributed by atoms with Crippen molar-refractivity contribution in [1.82, 2.24) is 4.72 Å². The van der Waals surface area contributed by atoms with Crippen molar-refractivity contribution >= 4 is 27.9 Å². The lowest BCUT2D eigenvalue weighted by atomic mass is 9.96. The van der Waals surface area contributed by atoms with Crippen LogP contribution in [-0.2, 0) is 22.2 Å². The number of hydrogen-bond acceptors (Lipinski definition) is 3. The molecule has 3 aromatic rings. The van der Waals surface area contributed by atoms with Crippen LogP contribution in [0.5, 0.6) is 5.75 Å². The summed E-state index contributed by atoms with van der Waals surface area (Å²) in [4.78, 5) is 11.9. The van der Waals surface area contributed by atoms with Gasteiger partial charge in [0.2, 0.25) is 0 Å². The molecule has 5 rings (SSSR count). The van der Waals surface area contributed by atoms with Gasteiger partial charge in [0.1, 0.15) is 11.9 Å². The first kappa shape index (κ1) is 19.5. The summed E-state index contributed by atoms with van der Waals surface area (Å²) in [5, 5.41) is 0. The molecule has 2 atom stereocenters. The predicted molar refractivity (Wildman–Crippen MR) is 124 cm³/mol. The number of carbonyl (C=O) groups excluding carboxylic acids is 1. The summed E-state index contributed by atoms with van der Waals surface area (Å²) in [6.07, 6.45) is 5.12. The molecular weight excluding hydrogens is 406 g/mol. The number of hydrogen-bond donors (Lipinski definition) is 1. The lowest BCUT2D eigenvalue weighted by molar-refractivity contribution is -0.114. The molecule has 1 amide bonds. The van der Waals surface area contributed by atoms with Crippen molar-refractivity contribution in [3.63, 3.8) is 0 Å². The van der Waals surface area contributed by atoms with Gasteiger partial charge in [0.25, 0.3) is 5.91 Å². The van der Waals surface area contributed by atoms with Crippen molar-refractivity contribution in [2.45, 2.75) is 18.9 Å². The molecule has 1 aliphatic carbocycles. The Bertz CT molecular complexity index is 1230. The van der Waals surface area contributed by atoms with Crippen molar-refractivity contribution in [3.8, 4) is 16.9 Å². The number of carbonyl (C=O) groups is 1. The number of ether oxygens (including phenoxy) is 1. The van der Waals surface area contributed by atoms with Crippen LogP contribution in [0, 0.1) is 0 Å². The molecule has 154 valence electrons. The third-order valence-electron chi connectivity index (χ3n) is 5.75. The predicted octanol–water partition coefficient (Wildman–Crippen LogP) is 5.20. The van der Waals surface area contributed by atoms with Gasteiger partial charge in [0, 0.05) is 6.08 Å². The first-order chi connectivity index (χ1) is 15.1. The zero-order chi connectivity index (χ0) is 21.4. The summed E-state index contributed by atoms with van der Waals surface area (Å²) in [5.41, 5.74) is 6.88. The van der Waals surface area contributed by atoms with E-state index in [-0.39, 0.29) is 12.0 Å². The molecule has 0 saturated heterocycles. The Kier molecular flexibility index (Phi) is 5.04. The van der Waals surface area contributed by atoms with Crippen molar-refractivity contribution in [1.29, 1.82) is 0 Å². The molecule has 1 heterocycles. The van der Waals surface area contributed by atoms with Crippen molar-refractivity contribution in [3.05, 3.63) is 102 Å². The summed E-state index contributed by atoms with van der Waals surface area (Å²) in [7, 11) is -1.49. The number of nitrogens with one attached hydrogen (secondary N) is 1. The molecule has 5 heteroatoms. The van der Waals surface area contributed by atoms with Gasteiger partial charge in [-0.15, -0.1) is 0 Å². The van der Waals surface area contributed by atoms with Gasteiger partial charge in [0.15, 0.2) is 11.0 Å². The average Bonchev–Trinajstić information content (AvgIpc) is 3.36. The van der Waals surface area contributed by atoms with Crippen molar-refractivity contribution in [2.75, 3.05) is 0 Å². The molecule has 1 aliphatic heterocycles. The molecule has 0 spiro atoms. The third kappa shape index (κ3) is 3.73. The highest BCUT2D eigenvalue weighted by atomic mass is 32.2. The van der Waals surface area contributed by atoms with Gasteiger partial charge in [-0.05, 0) is 58.4 Å². The van der Waals surface area contributed by atoms with Crippen LogP contribution < -0.4 is 9.46 Å². The fourth-order valence-electron chi connectivity index (χ4n) is 4.21. The van der Waals surface area contributed by atoms with E-state index in [2.05, 4.69) is 53.8 Å². The maximum absolute atomic E-state index is 11.9. The fraction of sp³-hybridized carbons (Fsp3) is 0.115. The highest BCUT2D eigenvalue weighted by molar-refractivity contribution is 7.93. The molecule has 3 aromatic carbocycles. The molecule has 1 N–H and O–H groups in total. The molecule has 0 aromatic heterocycles. The first-order valence-electron chi connectivity index (χ1n) is 10.2. The summed E-state index contributed by atoms with van der Waals surface area (Å²) >= 11 is 0. The average molecular weight is 428 g/mol. The summed E-state index contributed by atoms with van der Waals surface area (Å²) < 4.78 is 20.6. The Balaban J connectivity index is 1.37. The molecule has 0 radical (unpaired) electrons. The van der Waals surface area contributed by atoms with Gasteiger partial charge in [0.05, 0.1) is 4.91 Å². The van der Waals surface area contributed by atoms with Gasteiger partial charge < -0.3 is 4.74 Å². The highest BCUT2D eigenvalue weighted by Gasteiger charge is 2.27. The van der Waals surface area contributed by atoms with E-state index in [1.165, 1.54) is 28.3 Å². The number of fused-ring (bicyclic) bond motifs is 1. The van der Waals surface area contributed by atoms with Gasteiger partial charge in [-0.3, -0.25) is 9.52 Å². The van der Waals surface area contributed by atoms with Gasteiger partial charge in [-0.25, -0.2) is 4.21 Å². The minimum atomic E-state index is -1.49. The minimum absolute atomic E-state index is 0.00341. The molecule has 2 aliphatic rings. The smallest absolute Gasteiger partial charge is 0.257 e. The van der Waals surface area contributed by atoms with Gasteiger partial charge in [-0.1, -0.05) is 67.3 Å². The highest BCUT2D eigenvalue weighted by Crippen LogP contribution is 2.40. The third-order valence-corrected chi connectivity index (χ3v) is 6.89. The van der Waals surface area contributed by atoms with E-state index in [1.807, 2.05) is 30.3 Å². The largest absolute Gasteiger partial charge is 0.486 e. The Hall–Kier alpha value is -3.44. The second-order valence-corrected chi connectivity index (χ2v) is 8.79. The van der Waals surface area contributed by atoms with Crippen LogP contribution in [-0.4, -0.2) is 10.1 Å². The summed E-state index contributed by atoms with van der Waals surface area (Å²) in [5.74, 6) is 0.428. The van der Waals surface area contributed by atoms with Crippen LogP contribution in [0.3, 0.4) is 0 Å². The molecule has 31 heavy (non-hydrogen) atoms. The second-order valence-electron chi connectivity index (χ2n) is 7.61. The summed E-state index contributed by atoms with van der Waals surface area (Å²) in [6, 6.07) is 22.3. The number of benzene rings is 3.